The standard InChI is InChI=1S/C18H16N2O/c19-16-7-9-17(10-8-16)20-18(21)12-13-5-6-14-3-1-2-4-15(14)11-13/h1-11H,12,19H2,(H,20,21). The van der Waals surface area contributed by atoms with E-state index in [2.05, 4.69) is 23.5 Å². The van der Waals surface area contributed by atoms with Crippen LogP contribution in [-0.2, 0) is 11.2 Å². The molecule has 104 valence electrons. The van der Waals surface area contributed by atoms with Crippen LogP contribution in [0.1, 0.15) is 5.56 Å². The molecule has 0 heterocycles. The summed E-state index contributed by atoms with van der Waals surface area (Å²) < 4.78 is 0. The molecule has 1 amide bonds. The largest absolute Gasteiger partial charge is 0.399 e. The van der Waals surface area contributed by atoms with Crippen molar-refractivity contribution in [1.82, 2.24) is 0 Å². The highest BCUT2D eigenvalue weighted by atomic mass is 16.1. The summed E-state index contributed by atoms with van der Waals surface area (Å²) in [6, 6.07) is 21.4. The van der Waals surface area contributed by atoms with Gasteiger partial charge >= 0.3 is 0 Å². The first-order valence-corrected chi connectivity index (χ1v) is 6.84. The predicted octanol–water partition coefficient (Wildman–Crippen LogP) is 3.60. The zero-order valence-corrected chi connectivity index (χ0v) is 11.5. The van der Waals surface area contributed by atoms with Gasteiger partial charge < -0.3 is 11.1 Å². The average Bonchev–Trinajstić information content (AvgIpc) is 2.49. The number of nitrogens with one attached hydrogen (secondary N) is 1. The van der Waals surface area contributed by atoms with Gasteiger partial charge in [0.05, 0.1) is 6.42 Å². The van der Waals surface area contributed by atoms with Crippen LogP contribution < -0.4 is 11.1 Å². The van der Waals surface area contributed by atoms with E-state index in [0.717, 1.165) is 16.6 Å². The van der Waals surface area contributed by atoms with Crippen molar-refractivity contribution in [2.24, 2.45) is 0 Å². The number of benzene rings is 3. The van der Waals surface area contributed by atoms with E-state index >= 15 is 0 Å². The maximum absolute atomic E-state index is 12.1. The summed E-state index contributed by atoms with van der Waals surface area (Å²) in [6.45, 7) is 0. The Hall–Kier alpha value is -2.81. The van der Waals surface area contributed by atoms with Crippen LogP contribution >= 0.6 is 0 Å². The maximum atomic E-state index is 12.1. The lowest BCUT2D eigenvalue weighted by Gasteiger charge is -2.06. The van der Waals surface area contributed by atoms with Crippen molar-refractivity contribution in [2.75, 3.05) is 11.1 Å². The van der Waals surface area contributed by atoms with Crippen LogP contribution in [0.5, 0.6) is 0 Å². The molecule has 0 spiro atoms. The number of fused-ring (bicyclic) bond motifs is 1. The molecule has 3 N–H and O–H groups in total. The summed E-state index contributed by atoms with van der Waals surface area (Å²) in [6.07, 6.45) is 0.356. The fourth-order valence-electron chi connectivity index (χ4n) is 2.31. The lowest BCUT2D eigenvalue weighted by molar-refractivity contribution is -0.115. The quantitative estimate of drug-likeness (QED) is 0.718. The highest BCUT2D eigenvalue weighted by Gasteiger charge is 2.05. The van der Waals surface area contributed by atoms with Gasteiger partial charge in [0.15, 0.2) is 0 Å². The summed E-state index contributed by atoms with van der Waals surface area (Å²) in [5.41, 5.74) is 8.06. The van der Waals surface area contributed by atoms with Crippen LogP contribution in [0.25, 0.3) is 10.8 Å². The van der Waals surface area contributed by atoms with Gasteiger partial charge in [-0.05, 0) is 40.6 Å². The van der Waals surface area contributed by atoms with Crippen molar-refractivity contribution in [3.05, 3.63) is 72.3 Å². The smallest absolute Gasteiger partial charge is 0.228 e. The lowest BCUT2D eigenvalue weighted by atomic mass is 10.0. The van der Waals surface area contributed by atoms with E-state index in [1.165, 1.54) is 5.39 Å². The normalized spacial score (nSPS) is 10.5. The molecule has 0 atom stereocenters. The molecule has 0 aliphatic carbocycles. The highest BCUT2D eigenvalue weighted by Crippen LogP contribution is 2.17. The first kappa shape index (κ1) is 13.2. The molecule has 3 aromatic carbocycles. The summed E-state index contributed by atoms with van der Waals surface area (Å²) in [5.74, 6) is -0.0324. The Morgan fingerprint density at radius 1 is 0.905 bits per heavy atom. The maximum Gasteiger partial charge on any atom is 0.228 e. The van der Waals surface area contributed by atoms with Gasteiger partial charge in [0, 0.05) is 11.4 Å². The van der Waals surface area contributed by atoms with E-state index in [0.29, 0.717) is 12.1 Å². The molecule has 21 heavy (non-hydrogen) atoms. The summed E-state index contributed by atoms with van der Waals surface area (Å²) in [5, 5.41) is 5.20. The Balaban J connectivity index is 1.72. The van der Waals surface area contributed by atoms with Crippen molar-refractivity contribution in [3.63, 3.8) is 0 Å². The van der Waals surface area contributed by atoms with Crippen LogP contribution in [0.2, 0.25) is 0 Å². The van der Waals surface area contributed by atoms with Crippen molar-refractivity contribution < 1.29 is 4.79 Å². The number of rotatable bonds is 3. The van der Waals surface area contributed by atoms with Crippen LogP contribution in [0.4, 0.5) is 11.4 Å². The first-order valence-electron chi connectivity index (χ1n) is 6.84. The zero-order valence-electron chi connectivity index (χ0n) is 11.5. The van der Waals surface area contributed by atoms with E-state index in [4.69, 9.17) is 5.73 Å². The number of hydrogen-bond acceptors (Lipinski definition) is 2. The van der Waals surface area contributed by atoms with Crippen LogP contribution in [0, 0.1) is 0 Å². The number of carbonyl (C=O) groups excluding carboxylic acids is 1. The van der Waals surface area contributed by atoms with Crippen molar-refractivity contribution in [1.29, 1.82) is 0 Å². The molecule has 0 aliphatic rings. The third kappa shape index (κ3) is 3.20. The minimum absolute atomic E-state index is 0.0324. The SMILES string of the molecule is Nc1ccc(NC(=O)Cc2ccc3ccccc3c2)cc1. The molecular weight excluding hydrogens is 260 g/mol. The second-order valence-electron chi connectivity index (χ2n) is 5.03. The molecule has 0 radical (unpaired) electrons. The van der Waals surface area contributed by atoms with Gasteiger partial charge in [-0.1, -0.05) is 42.5 Å². The summed E-state index contributed by atoms with van der Waals surface area (Å²) in [4.78, 5) is 12.1. The Kier molecular flexibility index (Phi) is 3.56. The summed E-state index contributed by atoms with van der Waals surface area (Å²) >= 11 is 0. The molecule has 0 saturated carbocycles. The first-order chi connectivity index (χ1) is 10.2. The molecule has 3 heteroatoms. The molecule has 0 saturated heterocycles. The van der Waals surface area contributed by atoms with Crippen molar-refractivity contribution in [3.8, 4) is 0 Å². The van der Waals surface area contributed by atoms with Gasteiger partial charge in [0.1, 0.15) is 0 Å². The Bertz CT molecular complexity index is 779. The van der Waals surface area contributed by atoms with Gasteiger partial charge in [0.2, 0.25) is 5.91 Å². The van der Waals surface area contributed by atoms with E-state index in [-0.39, 0.29) is 5.91 Å². The number of anilines is 2. The van der Waals surface area contributed by atoms with E-state index in [1.54, 1.807) is 24.3 Å². The number of carbonyl (C=O) groups is 1. The van der Waals surface area contributed by atoms with Gasteiger partial charge in [-0.15, -0.1) is 0 Å². The Morgan fingerprint density at radius 3 is 2.38 bits per heavy atom. The predicted molar refractivity (Wildman–Crippen MR) is 87.1 cm³/mol. The Labute approximate surface area is 123 Å². The molecule has 3 rings (SSSR count). The molecule has 3 aromatic rings. The molecule has 0 fully saturated rings. The topological polar surface area (TPSA) is 55.1 Å². The minimum atomic E-state index is -0.0324. The monoisotopic (exact) mass is 276 g/mol. The number of amides is 1. The number of nitrogen functional groups attached to an aromatic ring is 1. The fourth-order valence-corrected chi connectivity index (χ4v) is 2.31. The minimum Gasteiger partial charge on any atom is -0.399 e. The molecule has 0 unspecified atom stereocenters. The second-order valence-corrected chi connectivity index (χ2v) is 5.03. The lowest BCUT2D eigenvalue weighted by Crippen LogP contribution is -2.14. The van der Waals surface area contributed by atoms with Gasteiger partial charge in [-0.25, -0.2) is 0 Å². The number of hydrogen-bond donors (Lipinski definition) is 2. The van der Waals surface area contributed by atoms with Crippen molar-refractivity contribution in [2.45, 2.75) is 6.42 Å². The van der Waals surface area contributed by atoms with Crippen LogP contribution in [0.15, 0.2) is 66.7 Å². The van der Waals surface area contributed by atoms with Gasteiger partial charge in [-0.3, -0.25) is 4.79 Å². The van der Waals surface area contributed by atoms with Gasteiger partial charge in [-0.2, -0.15) is 0 Å². The number of nitrogens with two attached hydrogens (primary N) is 1. The summed E-state index contributed by atoms with van der Waals surface area (Å²) in [7, 11) is 0. The average molecular weight is 276 g/mol. The van der Waals surface area contributed by atoms with Crippen molar-refractivity contribution >= 4 is 28.1 Å². The molecule has 0 aromatic heterocycles. The van der Waals surface area contributed by atoms with Gasteiger partial charge in [0.25, 0.3) is 0 Å². The van der Waals surface area contributed by atoms with Crippen LogP contribution in [0.3, 0.4) is 0 Å². The second kappa shape index (κ2) is 5.67. The highest BCUT2D eigenvalue weighted by molar-refractivity contribution is 5.93. The molecule has 0 aliphatic heterocycles. The third-order valence-electron chi connectivity index (χ3n) is 3.37. The van der Waals surface area contributed by atoms with E-state index < -0.39 is 0 Å². The Morgan fingerprint density at radius 2 is 1.62 bits per heavy atom. The van der Waals surface area contributed by atoms with E-state index in [1.807, 2.05) is 24.3 Å². The van der Waals surface area contributed by atoms with E-state index in [9.17, 15) is 4.79 Å². The third-order valence-corrected chi connectivity index (χ3v) is 3.37. The van der Waals surface area contributed by atoms with Crippen LogP contribution in [-0.4, -0.2) is 5.91 Å². The molecule has 3 nitrogen and oxygen atoms in total. The molecule has 0 bridgehead atoms. The zero-order chi connectivity index (χ0) is 14.7. The fraction of sp³-hybridized carbons (Fsp3) is 0.0556. The molecular formula is C18H16N2O.